The molecule has 2 amide bonds. The Bertz CT molecular complexity index is 1210. The van der Waals surface area contributed by atoms with Crippen LogP contribution in [0.15, 0.2) is 54.7 Å². The molecule has 1 saturated heterocycles. The highest BCUT2D eigenvalue weighted by molar-refractivity contribution is 5.97. The Kier molecular flexibility index (Phi) is 6.07. The van der Waals surface area contributed by atoms with E-state index in [4.69, 9.17) is 0 Å². The maximum atomic E-state index is 14.5. The summed E-state index contributed by atoms with van der Waals surface area (Å²) in [7, 11) is 0. The van der Waals surface area contributed by atoms with Crippen LogP contribution in [0.2, 0.25) is 0 Å². The summed E-state index contributed by atoms with van der Waals surface area (Å²) in [5, 5.41) is 8.88. The second-order valence-electron chi connectivity index (χ2n) is 8.53. The van der Waals surface area contributed by atoms with E-state index in [0.29, 0.717) is 22.6 Å². The molecule has 1 aromatic heterocycles. The lowest BCUT2D eigenvalue weighted by Crippen LogP contribution is -2.27. The molecule has 2 heterocycles. The molecule has 2 aliphatic rings. The molecule has 3 aromatic rings. The van der Waals surface area contributed by atoms with E-state index >= 15 is 0 Å². The van der Waals surface area contributed by atoms with Gasteiger partial charge in [0.1, 0.15) is 0 Å². The van der Waals surface area contributed by atoms with Crippen molar-refractivity contribution in [2.75, 3.05) is 29.0 Å². The van der Waals surface area contributed by atoms with Crippen LogP contribution < -0.4 is 16.0 Å². The standard InChI is InChI=1S/C25H25FN6O2/c26-19-15-27-25(28-18-11-9-17(10-12-18)24(34)32-13-3-4-14-32)31-22(19)29-20-5-1-2-6-21(20)30-23(33)16-7-8-16/h1-2,5-6,9-12,15-16H,3-4,7-8,13-14H2,(H,30,33)(H2,27,28,29,31). The third-order valence-electron chi connectivity index (χ3n) is 5.91. The van der Waals surface area contributed by atoms with Crippen molar-refractivity contribution < 1.29 is 14.0 Å². The number of hydrogen-bond acceptors (Lipinski definition) is 6. The fourth-order valence-electron chi connectivity index (χ4n) is 3.85. The maximum Gasteiger partial charge on any atom is 0.253 e. The van der Waals surface area contributed by atoms with E-state index in [0.717, 1.165) is 45.0 Å². The average molecular weight is 461 g/mol. The van der Waals surface area contributed by atoms with Gasteiger partial charge in [-0.15, -0.1) is 0 Å². The molecule has 5 rings (SSSR count). The second kappa shape index (κ2) is 9.46. The van der Waals surface area contributed by atoms with Crippen molar-refractivity contribution in [3.8, 4) is 0 Å². The van der Waals surface area contributed by atoms with Gasteiger partial charge in [0, 0.05) is 30.3 Å². The monoisotopic (exact) mass is 460 g/mol. The summed E-state index contributed by atoms with van der Waals surface area (Å²) in [5.74, 6) is -0.405. The Morgan fingerprint density at radius 2 is 1.65 bits per heavy atom. The number of nitrogens with zero attached hydrogens (tertiary/aromatic N) is 3. The van der Waals surface area contributed by atoms with Crippen molar-refractivity contribution >= 4 is 40.6 Å². The molecule has 34 heavy (non-hydrogen) atoms. The summed E-state index contributed by atoms with van der Waals surface area (Å²) in [6.45, 7) is 1.59. The van der Waals surface area contributed by atoms with Crippen molar-refractivity contribution in [2.45, 2.75) is 25.7 Å². The smallest absolute Gasteiger partial charge is 0.253 e. The number of hydrogen-bond donors (Lipinski definition) is 3. The zero-order valence-electron chi connectivity index (χ0n) is 18.6. The number of para-hydroxylation sites is 2. The zero-order chi connectivity index (χ0) is 23.5. The molecule has 0 bridgehead atoms. The Morgan fingerprint density at radius 1 is 0.941 bits per heavy atom. The van der Waals surface area contributed by atoms with E-state index in [1.807, 2.05) is 4.90 Å². The zero-order valence-corrected chi connectivity index (χ0v) is 18.6. The second-order valence-corrected chi connectivity index (χ2v) is 8.53. The van der Waals surface area contributed by atoms with E-state index < -0.39 is 5.82 Å². The van der Waals surface area contributed by atoms with E-state index in [9.17, 15) is 14.0 Å². The van der Waals surface area contributed by atoms with Crippen molar-refractivity contribution in [1.82, 2.24) is 14.9 Å². The molecular formula is C25H25FN6O2. The van der Waals surface area contributed by atoms with E-state index in [2.05, 4.69) is 25.9 Å². The van der Waals surface area contributed by atoms with Gasteiger partial charge in [-0.3, -0.25) is 9.59 Å². The van der Waals surface area contributed by atoms with Crippen molar-refractivity contribution in [1.29, 1.82) is 0 Å². The molecule has 1 aliphatic carbocycles. The number of nitrogens with one attached hydrogen (secondary N) is 3. The van der Waals surface area contributed by atoms with Crippen LogP contribution >= 0.6 is 0 Å². The minimum Gasteiger partial charge on any atom is -0.339 e. The van der Waals surface area contributed by atoms with E-state index in [1.54, 1.807) is 48.5 Å². The number of anilines is 5. The highest BCUT2D eigenvalue weighted by Crippen LogP contribution is 2.32. The maximum absolute atomic E-state index is 14.5. The normalized spacial score (nSPS) is 15.1. The Morgan fingerprint density at radius 3 is 2.35 bits per heavy atom. The first-order valence-corrected chi connectivity index (χ1v) is 11.4. The van der Waals surface area contributed by atoms with Crippen LogP contribution in [-0.2, 0) is 4.79 Å². The van der Waals surface area contributed by atoms with Crippen LogP contribution in [0.5, 0.6) is 0 Å². The summed E-state index contributed by atoms with van der Waals surface area (Å²) in [4.78, 5) is 34.8. The van der Waals surface area contributed by atoms with Gasteiger partial charge in [-0.25, -0.2) is 9.37 Å². The molecule has 0 radical (unpaired) electrons. The summed E-state index contributed by atoms with van der Waals surface area (Å²) >= 11 is 0. The van der Waals surface area contributed by atoms with Gasteiger partial charge in [0.15, 0.2) is 11.6 Å². The van der Waals surface area contributed by atoms with E-state index in [-0.39, 0.29) is 29.5 Å². The van der Waals surface area contributed by atoms with Crippen molar-refractivity contribution in [2.24, 2.45) is 5.92 Å². The largest absolute Gasteiger partial charge is 0.339 e. The summed E-state index contributed by atoms with van der Waals surface area (Å²) < 4.78 is 14.5. The van der Waals surface area contributed by atoms with Gasteiger partial charge in [0.05, 0.1) is 17.6 Å². The minimum atomic E-state index is -0.625. The molecular weight excluding hydrogens is 435 g/mol. The first-order chi connectivity index (χ1) is 16.6. The summed E-state index contributed by atoms with van der Waals surface area (Å²) in [6, 6.07) is 14.1. The molecule has 2 aromatic carbocycles. The Balaban J connectivity index is 1.29. The minimum absolute atomic E-state index is 0.0218. The number of rotatable bonds is 7. The molecule has 0 atom stereocenters. The first kappa shape index (κ1) is 21.8. The number of likely N-dealkylation sites (tertiary alicyclic amines) is 1. The van der Waals surface area contributed by atoms with Gasteiger partial charge in [-0.05, 0) is 62.1 Å². The van der Waals surface area contributed by atoms with Crippen LogP contribution in [0.25, 0.3) is 0 Å². The van der Waals surface area contributed by atoms with Crippen LogP contribution in [0.1, 0.15) is 36.0 Å². The highest BCUT2D eigenvalue weighted by atomic mass is 19.1. The molecule has 2 fully saturated rings. The molecule has 1 saturated carbocycles. The van der Waals surface area contributed by atoms with Gasteiger partial charge < -0.3 is 20.9 Å². The molecule has 8 nitrogen and oxygen atoms in total. The average Bonchev–Trinajstić information content (AvgIpc) is 3.57. The lowest BCUT2D eigenvalue weighted by atomic mass is 10.2. The van der Waals surface area contributed by atoms with Crippen molar-refractivity contribution in [3.63, 3.8) is 0 Å². The number of amides is 2. The predicted octanol–water partition coefficient (Wildman–Crippen LogP) is 4.69. The van der Waals surface area contributed by atoms with Crippen LogP contribution in [0.3, 0.4) is 0 Å². The number of halogens is 1. The van der Waals surface area contributed by atoms with Gasteiger partial charge in [-0.1, -0.05) is 12.1 Å². The van der Waals surface area contributed by atoms with Crippen molar-refractivity contribution in [3.05, 3.63) is 66.1 Å². The molecule has 9 heteroatoms. The fraction of sp³-hybridized carbons (Fsp3) is 0.280. The van der Waals surface area contributed by atoms with Crippen LogP contribution in [0, 0.1) is 11.7 Å². The summed E-state index contributed by atoms with van der Waals surface area (Å²) in [6.07, 6.45) is 4.95. The molecule has 174 valence electrons. The van der Waals surface area contributed by atoms with Crippen LogP contribution in [0.4, 0.5) is 33.2 Å². The number of benzene rings is 2. The van der Waals surface area contributed by atoms with Gasteiger partial charge in [-0.2, -0.15) is 4.98 Å². The van der Waals surface area contributed by atoms with Gasteiger partial charge in [0.25, 0.3) is 5.91 Å². The topological polar surface area (TPSA) is 99.2 Å². The predicted molar refractivity (Wildman–Crippen MR) is 128 cm³/mol. The quantitative estimate of drug-likeness (QED) is 0.473. The van der Waals surface area contributed by atoms with Gasteiger partial charge >= 0.3 is 0 Å². The van der Waals surface area contributed by atoms with Gasteiger partial charge in [0.2, 0.25) is 11.9 Å². The Hall–Kier alpha value is -4.01. The number of carbonyl (C=O) groups is 2. The van der Waals surface area contributed by atoms with Crippen LogP contribution in [-0.4, -0.2) is 39.8 Å². The van der Waals surface area contributed by atoms with E-state index in [1.165, 1.54) is 0 Å². The third kappa shape index (κ3) is 4.98. The number of carbonyl (C=O) groups excluding carboxylic acids is 2. The third-order valence-corrected chi connectivity index (χ3v) is 5.91. The molecule has 0 spiro atoms. The lowest BCUT2D eigenvalue weighted by molar-refractivity contribution is -0.117. The fourth-order valence-corrected chi connectivity index (χ4v) is 3.85. The molecule has 3 N–H and O–H groups in total. The number of aromatic nitrogens is 2. The highest BCUT2D eigenvalue weighted by Gasteiger charge is 2.30. The Labute approximate surface area is 196 Å². The first-order valence-electron chi connectivity index (χ1n) is 11.4. The SMILES string of the molecule is O=C(Nc1ccccc1Nc1nc(Nc2ccc(C(=O)N3CCCC3)cc2)ncc1F)C1CC1. The summed E-state index contributed by atoms with van der Waals surface area (Å²) in [5.41, 5.74) is 2.39. The molecule has 1 aliphatic heterocycles. The lowest BCUT2D eigenvalue weighted by Gasteiger charge is -2.15. The molecule has 0 unspecified atom stereocenters.